The molecule has 0 fully saturated rings. The number of benzene rings is 1. The molecule has 106 valence electrons. The minimum Gasteiger partial charge on any atom is -0.494 e. The second kappa shape index (κ2) is 6.32. The molecule has 2 rings (SSSR count). The number of rotatable bonds is 6. The molecule has 4 nitrogen and oxygen atoms in total. The summed E-state index contributed by atoms with van der Waals surface area (Å²) in [4.78, 5) is 16.4. The molecule has 0 unspecified atom stereocenters. The predicted octanol–water partition coefficient (Wildman–Crippen LogP) is 2.87. The zero-order chi connectivity index (χ0) is 14.5. The fourth-order valence-corrected chi connectivity index (χ4v) is 2.02. The molecule has 0 aliphatic heterocycles. The molecular weight excluding hydrogens is 259 g/mol. The van der Waals surface area contributed by atoms with Crippen molar-refractivity contribution in [1.29, 1.82) is 0 Å². The van der Waals surface area contributed by atoms with Crippen LogP contribution in [0.4, 0.5) is 4.39 Å². The number of halogens is 1. The fourth-order valence-electron chi connectivity index (χ4n) is 2.02. The van der Waals surface area contributed by atoms with Gasteiger partial charge in [0, 0.05) is 24.4 Å². The molecule has 0 aliphatic carbocycles. The second-order valence-electron chi connectivity index (χ2n) is 4.49. The summed E-state index contributed by atoms with van der Waals surface area (Å²) in [5, 5.41) is 0. The average molecular weight is 276 g/mol. The lowest BCUT2D eigenvalue weighted by molar-refractivity contribution is 0.0970. The lowest BCUT2D eigenvalue weighted by Gasteiger charge is -2.08. The number of Topliss-reactive ketones (excluding diaryl/α,β-unsaturated/α-hetero) is 1. The van der Waals surface area contributed by atoms with Crippen LogP contribution in [-0.2, 0) is 13.0 Å². The van der Waals surface area contributed by atoms with E-state index < -0.39 is 5.82 Å². The summed E-state index contributed by atoms with van der Waals surface area (Å²) in [5.74, 6) is 0.324. The van der Waals surface area contributed by atoms with Gasteiger partial charge in [-0.15, -0.1) is 0 Å². The van der Waals surface area contributed by atoms with Crippen molar-refractivity contribution in [3.05, 3.63) is 47.8 Å². The van der Waals surface area contributed by atoms with Crippen LogP contribution in [0.1, 0.15) is 29.5 Å². The minimum atomic E-state index is -0.530. The van der Waals surface area contributed by atoms with E-state index in [1.807, 2.05) is 0 Å². The highest BCUT2D eigenvalue weighted by atomic mass is 19.1. The fraction of sp³-hybridized carbons (Fsp3) is 0.333. The number of ether oxygens (including phenoxy) is 1. The van der Waals surface area contributed by atoms with Crippen LogP contribution in [0.3, 0.4) is 0 Å². The lowest BCUT2D eigenvalue weighted by Crippen LogP contribution is -2.13. The van der Waals surface area contributed by atoms with Crippen LogP contribution < -0.4 is 4.74 Å². The second-order valence-corrected chi connectivity index (χ2v) is 4.49. The zero-order valence-corrected chi connectivity index (χ0v) is 11.6. The topological polar surface area (TPSA) is 44.1 Å². The maximum absolute atomic E-state index is 13.6. The Kier molecular flexibility index (Phi) is 4.50. The van der Waals surface area contributed by atoms with Gasteiger partial charge in [-0.2, -0.15) is 0 Å². The third-order valence-corrected chi connectivity index (χ3v) is 3.06. The summed E-state index contributed by atoms with van der Waals surface area (Å²) in [6.45, 7) is 2.22. The first kappa shape index (κ1) is 14.2. The SMILES string of the molecule is CCCc1nccn1CC(=O)c1ccc(OC)c(F)c1. The van der Waals surface area contributed by atoms with Crippen LogP contribution in [0, 0.1) is 5.82 Å². The molecule has 0 aliphatic rings. The molecule has 0 saturated carbocycles. The number of hydrogen-bond donors (Lipinski definition) is 0. The third-order valence-electron chi connectivity index (χ3n) is 3.06. The summed E-state index contributed by atoms with van der Waals surface area (Å²) < 4.78 is 20.2. The smallest absolute Gasteiger partial charge is 0.182 e. The normalized spacial score (nSPS) is 10.6. The summed E-state index contributed by atoms with van der Waals surface area (Å²) in [5.41, 5.74) is 0.333. The molecule has 0 amide bonds. The van der Waals surface area contributed by atoms with Gasteiger partial charge in [-0.05, 0) is 24.6 Å². The largest absolute Gasteiger partial charge is 0.494 e. The van der Waals surface area contributed by atoms with Gasteiger partial charge >= 0.3 is 0 Å². The lowest BCUT2D eigenvalue weighted by atomic mass is 10.1. The van der Waals surface area contributed by atoms with Gasteiger partial charge in [0.15, 0.2) is 17.3 Å². The molecule has 0 bridgehead atoms. The zero-order valence-electron chi connectivity index (χ0n) is 11.6. The monoisotopic (exact) mass is 276 g/mol. The standard InChI is InChI=1S/C15H17FN2O2/c1-3-4-15-17-7-8-18(15)10-13(19)11-5-6-14(20-2)12(16)9-11/h5-9H,3-4,10H2,1-2H3. The number of carbonyl (C=O) groups excluding carboxylic acids is 1. The molecule has 0 spiro atoms. The van der Waals surface area contributed by atoms with Crippen LogP contribution in [-0.4, -0.2) is 22.4 Å². The Morgan fingerprint density at radius 2 is 2.25 bits per heavy atom. The number of aryl methyl sites for hydroxylation is 1. The Balaban J connectivity index is 2.15. The average Bonchev–Trinajstić information content (AvgIpc) is 2.86. The molecule has 0 atom stereocenters. The highest BCUT2D eigenvalue weighted by Gasteiger charge is 2.12. The van der Waals surface area contributed by atoms with Gasteiger partial charge in [0.2, 0.25) is 0 Å². The van der Waals surface area contributed by atoms with Crippen LogP contribution in [0.25, 0.3) is 0 Å². The maximum Gasteiger partial charge on any atom is 0.182 e. The number of nitrogens with zero attached hydrogens (tertiary/aromatic N) is 2. The Hall–Kier alpha value is -2.17. The van der Waals surface area contributed by atoms with Crippen molar-refractivity contribution in [3.63, 3.8) is 0 Å². The molecule has 5 heteroatoms. The maximum atomic E-state index is 13.6. The van der Waals surface area contributed by atoms with E-state index in [0.717, 1.165) is 18.7 Å². The van der Waals surface area contributed by atoms with Gasteiger partial charge in [0.1, 0.15) is 5.82 Å². The van der Waals surface area contributed by atoms with Crippen molar-refractivity contribution in [3.8, 4) is 5.75 Å². The van der Waals surface area contributed by atoms with E-state index >= 15 is 0 Å². The van der Waals surface area contributed by atoms with Gasteiger partial charge in [0.05, 0.1) is 13.7 Å². The van der Waals surface area contributed by atoms with Crippen LogP contribution in [0.2, 0.25) is 0 Å². The number of methoxy groups -OCH3 is 1. The number of imidazole rings is 1. The van der Waals surface area contributed by atoms with Gasteiger partial charge in [0.25, 0.3) is 0 Å². The van der Waals surface area contributed by atoms with E-state index in [0.29, 0.717) is 5.56 Å². The minimum absolute atomic E-state index is 0.135. The Morgan fingerprint density at radius 3 is 2.90 bits per heavy atom. The van der Waals surface area contributed by atoms with E-state index in [9.17, 15) is 9.18 Å². The molecule has 20 heavy (non-hydrogen) atoms. The quantitative estimate of drug-likeness (QED) is 0.762. The highest BCUT2D eigenvalue weighted by molar-refractivity contribution is 5.96. The molecule has 1 heterocycles. The molecule has 2 aromatic rings. The molecule has 1 aromatic heterocycles. The van der Waals surface area contributed by atoms with Crippen LogP contribution in [0.5, 0.6) is 5.75 Å². The summed E-state index contributed by atoms with van der Waals surface area (Å²) >= 11 is 0. The van der Waals surface area contributed by atoms with Gasteiger partial charge in [-0.25, -0.2) is 9.37 Å². The van der Waals surface area contributed by atoms with Gasteiger partial charge < -0.3 is 9.30 Å². The van der Waals surface area contributed by atoms with Crippen molar-refractivity contribution in [2.24, 2.45) is 0 Å². The number of hydrogen-bond acceptors (Lipinski definition) is 3. The van der Waals surface area contributed by atoms with Crippen LogP contribution in [0.15, 0.2) is 30.6 Å². The van der Waals surface area contributed by atoms with Gasteiger partial charge in [-0.3, -0.25) is 4.79 Å². The summed E-state index contributed by atoms with van der Waals surface area (Å²) in [6, 6.07) is 4.24. The van der Waals surface area contributed by atoms with Crippen LogP contribution >= 0.6 is 0 Å². The molecular formula is C15H17FN2O2. The number of aromatic nitrogens is 2. The number of carbonyl (C=O) groups is 1. The first-order valence-electron chi connectivity index (χ1n) is 6.52. The summed E-state index contributed by atoms with van der Waals surface area (Å²) in [6.07, 6.45) is 5.22. The third kappa shape index (κ3) is 3.04. The number of ketones is 1. The van der Waals surface area contributed by atoms with Gasteiger partial charge in [-0.1, -0.05) is 6.92 Å². The molecule has 1 aromatic carbocycles. The van der Waals surface area contributed by atoms with E-state index in [2.05, 4.69) is 11.9 Å². The van der Waals surface area contributed by atoms with Crippen molar-refractivity contribution >= 4 is 5.78 Å². The van der Waals surface area contributed by atoms with E-state index in [1.165, 1.54) is 19.2 Å². The predicted molar refractivity (Wildman–Crippen MR) is 73.5 cm³/mol. The van der Waals surface area contributed by atoms with E-state index in [-0.39, 0.29) is 18.1 Å². The van der Waals surface area contributed by atoms with Crippen molar-refractivity contribution in [2.45, 2.75) is 26.3 Å². The first-order valence-corrected chi connectivity index (χ1v) is 6.52. The Bertz CT molecular complexity index is 608. The van der Waals surface area contributed by atoms with Crippen molar-refractivity contribution < 1.29 is 13.9 Å². The van der Waals surface area contributed by atoms with E-state index in [1.54, 1.807) is 23.0 Å². The molecule has 0 saturated heterocycles. The Morgan fingerprint density at radius 1 is 1.45 bits per heavy atom. The first-order chi connectivity index (χ1) is 9.65. The molecule has 0 N–H and O–H groups in total. The highest BCUT2D eigenvalue weighted by Crippen LogP contribution is 2.18. The van der Waals surface area contributed by atoms with Crippen molar-refractivity contribution in [1.82, 2.24) is 9.55 Å². The summed E-state index contributed by atoms with van der Waals surface area (Å²) in [7, 11) is 1.39. The van der Waals surface area contributed by atoms with E-state index in [4.69, 9.17) is 4.74 Å². The van der Waals surface area contributed by atoms with Crippen molar-refractivity contribution in [2.75, 3.05) is 7.11 Å². The molecule has 0 radical (unpaired) electrons. The Labute approximate surface area is 117 Å².